The molecule has 1 N–H and O–H groups in total. The summed E-state index contributed by atoms with van der Waals surface area (Å²) in [7, 11) is 3.55. The van der Waals surface area contributed by atoms with E-state index >= 15 is 0 Å². The second kappa shape index (κ2) is 8.60. The van der Waals surface area contributed by atoms with E-state index in [0.717, 1.165) is 32.4 Å². The van der Waals surface area contributed by atoms with Crippen molar-refractivity contribution < 1.29 is 4.74 Å². The van der Waals surface area contributed by atoms with E-state index in [4.69, 9.17) is 4.74 Å². The van der Waals surface area contributed by atoms with Gasteiger partial charge in [-0.05, 0) is 17.7 Å². The number of nitrogens with zero attached hydrogens (tertiary/aromatic N) is 4. The lowest BCUT2D eigenvalue weighted by Gasteiger charge is -2.08. The molecule has 0 atom stereocenters. The number of H-pyrrole nitrogens is 1. The first-order valence-electron chi connectivity index (χ1n) is 9.87. The highest BCUT2D eigenvalue weighted by Gasteiger charge is 2.16. The number of aromatic nitrogens is 5. The van der Waals surface area contributed by atoms with Crippen molar-refractivity contribution in [2.75, 3.05) is 7.11 Å². The number of hydrogen-bond donors (Lipinski definition) is 1. The molecular formula is C23H19N5O2S2. The predicted molar refractivity (Wildman–Crippen MR) is 128 cm³/mol. The number of hydrogen-bond acceptors (Lipinski definition) is 7. The number of rotatable bonds is 6. The van der Waals surface area contributed by atoms with Gasteiger partial charge in [-0.25, -0.2) is 4.98 Å². The van der Waals surface area contributed by atoms with Crippen molar-refractivity contribution in [2.24, 2.45) is 7.05 Å². The molecule has 0 unspecified atom stereocenters. The zero-order valence-electron chi connectivity index (χ0n) is 17.4. The fraction of sp³-hybridized carbons (Fsp3) is 0.130. The van der Waals surface area contributed by atoms with Gasteiger partial charge in [-0.1, -0.05) is 54.2 Å². The highest BCUT2D eigenvalue weighted by molar-refractivity contribution is 7.98. The molecule has 160 valence electrons. The van der Waals surface area contributed by atoms with E-state index in [9.17, 15) is 4.79 Å². The van der Waals surface area contributed by atoms with Crippen molar-refractivity contribution in [2.45, 2.75) is 10.9 Å². The number of aromatic amines is 1. The van der Waals surface area contributed by atoms with Gasteiger partial charge in [0.2, 0.25) is 0 Å². The molecule has 2 aromatic carbocycles. The van der Waals surface area contributed by atoms with Gasteiger partial charge in [0, 0.05) is 18.0 Å². The normalized spacial score (nSPS) is 11.2. The lowest BCUT2D eigenvalue weighted by atomic mass is 10.1. The van der Waals surface area contributed by atoms with E-state index in [-0.39, 0.29) is 5.56 Å². The largest absolute Gasteiger partial charge is 0.496 e. The van der Waals surface area contributed by atoms with Gasteiger partial charge in [0.25, 0.3) is 5.56 Å². The Morgan fingerprint density at radius 3 is 2.66 bits per heavy atom. The van der Waals surface area contributed by atoms with Crippen LogP contribution in [0.1, 0.15) is 5.82 Å². The van der Waals surface area contributed by atoms with Crippen molar-refractivity contribution in [1.29, 1.82) is 0 Å². The van der Waals surface area contributed by atoms with Crippen molar-refractivity contribution in [3.8, 4) is 28.3 Å². The number of thiophene rings is 1. The molecule has 0 aliphatic rings. The van der Waals surface area contributed by atoms with E-state index < -0.39 is 0 Å². The van der Waals surface area contributed by atoms with Crippen LogP contribution in [-0.2, 0) is 12.8 Å². The first-order chi connectivity index (χ1) is 15.7. The molecule has 3 heterocycles. The van der Waals surface area contributed by atoms with Gasteiger partial charge in [-0.3, -0.25) is 4.79 Å². The van der Waals surface area contributed by atoms with Crippen molar-refractivity contribution in [1.82, 2.24) is 24.7 Å². The van der Waals surface area contributed by atoms with Gasteiger partial charge in [0.05, 0.1) is 23.8 Å². The minimum atomic E-state index is -0.127. The number of nitrogens with one attached hydrogen (secondary N) is 1. The van der Waals surface area contributed by atoms with Crippen LogP contribution < -0.4 is 10.3 Å². The molecular weight excluding hydrogens is 442 g/mol. The van der Waals surface area contributed by atoms with Crippen molar-refractivity contribution >= 4 is 33.3 Å². The third-order valence-corrected chi connectivity index (χ3v) is 7.00. The average molecular weight is 462 g/mol. The summed E-state index contributed by atoms with van der Waals surface area (Å²) in [6, 6.07) is 17.6. The quantitative estimate of drug-likeness (QED) is 0.367. The summed E-state index contributed by atoms with van der Waals surface area (Å²) >= 11 is 2.95. The van der Waals surface area contributed by atoms with Crippen LogP contribution in [0, 0.1) is 0 Å². The van der Waals surface area contributed by atoms with Crippen LogP contribution in [0.25, 0.3) is 32.7 Å². The summed E-state index contributed by atoms with van der Waals surface area (Å²) in [4.78, 5) is 21.2. The molecule has 0 fully saturated rings. The van der Waals surface area contributed by atoms with Gasteiger partial charge in [0.1, 0.15) is 16.4 Å². The standard InChI is InChI=1S/C23H19N5O2S2/c1-28-20(15-10-6-7-11-17(15)30-2)26-27-23(28)32-13-18-24-21(29)19-16(12-31-22(19)25-18)14-8-4-3-5-9-14/h3-12H,13H2,1-2H3,(H,24,25,29). The summed E-state index contributed by atoms with van der Waals surface area (Å²) in [6.45, 7) is 0. The maximum absolute atomic E-state index is 12.8. The number of para-hydroxylation sites is 1. The lowest BCUT2D eigenvalue weighted by Crippen LogP contribution is -2.10. The van der Waals surface area contributed by atoms with Gasteiger partial charge in [-0.15, -0.1) is 21.5 Å². The lowest BCUT2D eigenvalue weighted by molar-refractivity contribution is 0.416. The molecule has 0 bridgehead atoms. The fourth-order valence-corrected chi connectivity index (χ4v) is 5.28. The van der Waals surface area contributed by atoms with Crippen LogP contribution >= 0.6 is 23.1 Å². The van der Waals surface area contributed by atoms with Gasteiger partial charge in [-0.2, -0.15) is 0 Å². The highest BCUT2D eigenvalue weighted by Crippen LogP contribution is 2.32. The Bertz CT molecular complexity index is 1460. The monoisotopic (exact) mass is 461 g/mol. The van der Waals surface area contributed by atoms with E-state index in [1.807, 2.05) is 71.6 Å². The zero-order valence-corrected chi connectivity index (χ0v) is 19.0. The zero-order chi connectivity index (χ0) is 22.1. The Labute approximate surface area is 192 Å². The minimum absolute atomic E-state index is 0.127. The molecule has 0 aliphatic heterocycles. The van der Waals surface area contributed by atoms with E-state index in [1.165, 1.54) is 23.1 Å². The van der Waals surface area contributed by atoms with Gasteiger partial charge in [0.15, 0.2) is 11.0 Å². The SMILES string of the molecule is COc1ccccc1-c1nnc(SCc2nc3scc(-c4ccccc4)c3c(=O)[nH]2)n1C. The molecule has 0 aliphatic carbocycles. The first-order valence-corrected chi connectivity index (χ1v) is 11.7. The molecule has 7 nitrogen and oxygen atoms in total. The number of methoxy groups -OCH3 is 1. The average Bonchev–Trinajstić information content (AvgIpc) is 3.42. The summed E-state index contributed by atoms with van der Waals surface area (Å²) in [5, 5.41) is 12.0. The van der Waals surface area contributed by atoms with Crippen molar-refractivity contribution in [3.05, 3.63) is 76.2 Å². The number of thioether (sulfide) groups is 1. The molecule has 5 aromatic rings. The molecule has 0 spiro atoms. The highest BCUT2D eigenvalue weighted by atomic mass is 32.2. The van der Waals surface area contributed by atoms with Crippen LogP contribution in [0.3, 0.4) is 0 Å². The molecule has 0 amide bonds. The summed E-state index contributed by atoms with van der Waals surface area (Å²) < 4.78 is 7.36. The van der Waals surface area contributed by atoms with Crippen LogP contribution in [0.2, 0.25) is 0 Å². The molecule has 5 rings (SSSR count). The Morgan fingerprint density at radius 2 is 1.84 bits per heavy atom. The Kier molecular flexibility index (Phi) is 5.50. The molecule has 0 radical (unpaired) electrons. The molecule has 3 aromatic heterocycles. The molecule has 0 saturated heterocycles. The summed E-state index contributed by atoms with van der Waals surface area (Å²) in [6.07, 6.45) is 0. The molecule has 9 heteroatoms. The number of ether oxygens (including phenoxy) is 1. The topological polar surface area (TPSA) is 85.7 Å². The molecule has 32 heavy (non-hydrogen) atoms. The minimum Gasteiger partial charge on any atom is -0.496 e. The van der Waals surface area contributed by atoms with Crippen LogP contribution in [0.5, 0.6) is 5.75 Å². The second-order valence-electron chi connectivity index (χ2n) is 7.06. The third-order valence-electron chi connectivity index (χ3n) is 5.10. The second-order valence-corrected chi connectivity index (χ2v) is 8.86. The third kappa shape index (κ3) is 3.69. The number of fused-ring (bicyclic) bond motifs is 1. The van der Waals surface area contributed by atoms with Crippen molar-refractivity contribution in [3.63, 3.8) is 0 Å². The first kappa shape index (κ1) is 20.5. The summed E-state index contributed by atoms with van der Waals surface area (Å²) in [5.74, 6) is 2.54. The fourth-order valence-electron chi connectivity index (χ4n) is 3.53. The Hall–Kier alpha value is -3.43. The van der Waals surface area contributed by atoms with E-state index in [1.54, 1.807) is 7.11 Å². The van der Waals surface area contributed by atoms with Gasteiger partial charge >= 0.3 is 0 Å². The van der Waals surface area contributed by atoms with Crippen LogP contribution in [-0.4, -0.2) is 31.8 Å². The number of benzene rings is 2. The van der Waals surface area contributed by atoms with Gasteiger partial charge < -0.3 is 14.3 Å². The maximum atomic E-state index is 12.8. The maximum Gasteiger partial charge on any atom is 0.260 e. The van der Waals surface area contributed by atoms with E-state index in [0.29, 0.717) is 22.8 Å². The van der Waals surface area contributed by atoms with E-state index in [2.05, 4.69) is 20.2 Å². The Morgan fingerprint density at radius 1 is 1.06 bits per heavy atom. The Balaban J connectivity index is 1.41. The predicted octanol–water partition coefficient (Wildman–Crippen LogP) is 4.75. The van der Waals surface area contributed by atoms with Crippen LogP contribution in [0.15, 0.2) is 69.9 Å². The smallest absolute Gasteiger partial charge is 0.260 e. The molecule has 0 saturated carbocycles. The van der Waals surface area contributed by atoms with Crippen LogP contribution in [0.4, 0.5) is 0 Å². The summed E-state index contributed by atoms with van der Waals surface area (Å²) in [5.41, 5.74) is 2.67.